The van der Waals surface area contributed by atoms with Gasteiger partial charge in [0.2, 0.25) is 5.95 Å². The van der Waals surface area contributed by atoms with Gasteiger partial charge in [-0.1, -0.05) is 23.4 Å². The van der Waals surface area contributed by atoms with Gasteiger partial charge in [0, 0.05) is 23.5 Å². The van der Waals surface area contributed by atoms with E-state index in [-0.39, 0.29) is 5.02 Å². The molecular formula is C13H8ClFN2. The van der Waals surface area contributed by atoms with Gasteiger partial charge in [0.05, 0.1) is 10.6 Å². The van der Waals surface area contributed by atoms with E-state index in [4.69, 9.17) is 17.3 Å². The summed E-state index contributed by atoms with van der Waals surface area (Å²) in [7, 11) is 0. The standard InChI is InChI=1S/C13H8ClFN2/c14-12-7-13(15)17-8-10(12)4-1-9-2-5-11(16)6-3-9/h2-3,5-8H,16H2. The molecule has 1 aromatic carbocycles. The van der Waals surface area contributed by atoms with E-state index in [0.717, 1.165) is 11.6 Å². The van der Waals surface area contributed by atoms with Crippen molar-refractivity contribution in [2.45, 2.75) is 0 Å². The van der Waals surface area contributed by atoms with Gasteiger partial charge in [0.15, 0.2) is 0 Å². The minimum absolute atomic E-state index is 0.250. The highest BCUT2D eigenvalue weighted by Gasteiger charge is 1.99. The minimum atomic E-state index is -0.618. The molecule has 2 aromatic rings. The van der Waals surface area contributed by atoms with E-state index in [1.54, 1.807) is 24.3 Å². The van der Waals surface area contributed by atoms with E-state index in [1.165, 1.54) is 6.20 Å². The lowest BCUT2D eigenvalue weighted by Gasteiger charge is -1.95. The van der Waals surface area contributed by atoms with Gasteiger partial charge in [-0.25, -0.2) is 4.98 Å². The second kappa shape index (κ2) is 4.86. The molecule has 4 heteroatoms. The lowest BCUT2D eigenvalue weighted by Crippen LogP contribution is -1.86. The SMILES string of the molecule is Nc1ccc(C#Cc2cnc(F)cc2Cl)cc1. The molecule has 0 aliphatic rings. The van der Waals surface area contributed by atoms with Gasteiger partial charge in [-0.3, -0.25) is 0 Å². The number of nitrogens with two attached hydrogens (primary N) is 1. The molecule has 0 atom stereocenters. The van der Waals surface area contributed by atoms with Crippen LogP contribution in [-0.2, 0) is 0 Å². The molecule has 1 heterocycles. The molecule has 0 amide bonds. The van der Waals surface area contributed by atoms with Crippen LogP contribution in [0.4, 0.5) is 10.1 Å². The number of pyridine rings is 1. The predicted octanol–water partition coefficient (Wildman–Crippen LogP) is 2.86. The molecule has 1 aromatic heterocycles. The molecule has 0 unspecified atom stereocenters. The number of hydrogen-bond donors (Lipinski definition) is 1. The van der Waals surface area contributed by atoms with Crippen LogP contribution in [0.15, 0.2) is 36.5 Å². The molecule has 0 radical (unpaired) electrons. The van der Waals surface area contributed by atoms with E-state index in [9.17, 15) is 4.39 Å². The summed E-state index contributed by atoms with van der Waals surface area (Å²) >= 11 is 5.82. The summed E-state index contributed by atoms with van der Waals surface area (Å²) in [5.41, 5.74) is 7.53. The van der Waals surface area contributed by atoms with Crippen LogP contribution < -0.4 is 5.73 Å². The van der Waals surface area contributed by atoms with Crippen LogP contribution in [0.3, 0.4) is 0 Å². The van der Waals surface area contributed by atoms with Gasteiger partial charge < -0.3 is 5.73 Å². The Morgan fingerprint density at radius 1 is 1.18 bits per heavy atom. The monoisotopic (exact) mass is 246 g/mol. The van der Waals surface area contributed by atoms with Crippen LogP contribution in [0.25, 0.3) is 0 Å². The zero-order chi connectivity index (χ0) is 12.3. The molecule has 0 saturated heterocycles. The second-order valence-electron chi connectivity index (χ2n) is 3.36. The molecule has 0 saturated carbocycles. The van der Waals surface area contributed by atoms with E-state index < -0.39 is 5.95 Å². The number of aromatic nitrogens is 1. The van der Waals surface area contributed by atoms with Gasteiger partial charge >= 0.3 is 0 Å². The topological polar surface area (TPSA) is 38.9 Å². The van der Waals surface area contributed by atoms with E-state index in [2.05, 4.69) is 16.8 Å². The zero-order valence-corrected chi connectivity index (χ0v) is 9.50. The Morgan fingerprint density at radius 2 is 1.88 bits per heavy atom. The van der Waals surface area contributed by atoms with Gasteiger partial charge in [-0.2, -0.15) is 4.39 Å². The molecule has 2 rings (SSSR count). The number of benzene rings is 1. The third-order valence-corrected chi connectivity index (χ3v) is 2.39. The highest BCUT2D eigenvalue weighted by molar-refractivity contribution is 6.31. The van der Waals surface area contributed by atoms with Crippen molar-refractivity contribution in [3.8, 4) is 11.8 Å². The van der Waals surface area contributed by atoms with Crippen molar-refractivity contribution in [2.24, 2.45) is 0 Å². The van der Waals surface area contributed by atoms with Crippen LogP contribution >= 0.6 is 11.6 Å². The number of rotatable bonds is 0. The smallest absolute Gasteiger partial charge is 0.214 e. The fourth-order valence-electron chi connectivity index (χ4n) is 1.21. The number of nitrogen functional groups attached to an aromatic ring is 1. The number of anilines is 1. The fraction of sp³-hybridized carbons (Fsp3) is 0. The second-order valence-corrected chi connectivity index (χ2v) is 3.77. The van der Waals surface area contributed by atoms with Crippen LogP contribution in [0.5, 0.6) is 0 Å². The molecule has 0 aliphatic carbocycles. The number of nitrogens with zero attached hydrogens (tertiary/aromatic N) is 1. The summed E-state index contributed by atoms with van der Waals surface area (Å²) in [5, 5.41) is 0.250. The maximum atomic E-state index is 12.7. The van der Waals surface area contributed by atoms with Crippen molar-refractivity contribution >= 4 is 17.3 Å². The van der Waals surface area contributed by atoms with Crippen LogP contribution in [0.1, 0.15) is 11.1 Å². The molecule has 0 bridgehead atoms. The van der Waals surface area contributed by atoms with Crippen LogP contribution in [0, 0.1) is 17.8 Å². The summed E-state index contributed by atoms with van der Waals surface area (Å²) in [4.78, 5) is 3.49. The highest BCUT2D eigenvalue weighted by atomic mass is 35.5. The van der Waals surface area contributed by atoms with Gasteiger partial charge in [0.25, 0.3) is 0 Å². The average Bonchev–Trinajstić information content (AvgIpc) is 2.30. The lowest BCUT2D eigenvalue weighted by molar-refractivity contribution is 0.583. The summed E-state index contributed by atoms with van der Waals surface area (Å²) < 4.78 is 12.7. The Bertz CT molecular complexity index is 597. The van der Waals surface area contributed by atoms with Gasteiger partial charge in [-0.15, -0.1) is 0 Å². The Kier molecular flexibility index (Phi) is 3.27. The molecule has 2 nitrogen and oxygen atoms in total. The highest BCUT2D eigenvalue weighted by Crippen LogP contribution is 2.14. The van der Waals surface area contributed by atoms with E-state index in [0.29, 0.717) is 11.3 Å². The molecule has 17 heavy (non-hydrogen) atoms. The third-order valence-electron chi connectivity index (χ3n) is 2.07. The van der Waals surface area contributed by atoms with Crippen molar-refractivity contribution < 1.29 is 4.39 Å². The van der Waals surface area contributed by atoms with Crippen molar-refractivity contribution in [3.63, 3.8) is 0 Å². The summed E-state index contributed by atoms with van der Waals surface area (Å²) in [6.07, 6.45) is 1.31. The zero-order valence-electron chi connectivity index (χ0n) is 8.74. The van der Waals surface area contributed by atoms with Crippen molar-refractivity contribution in [2.75, 3.05) is 5.73 Å². The third kappa shape index (κ3) is 2.96. The molecule has 84 valence electrons. The molecule has 0 aliphatic heterocycles. The number of halogens is 2. The summed E-state index contributed by atoms with van der Waals surface area (Å²) in [6, 6.07) is 8.25. The maximum absolute atomic E-state index is 12.7. The van der Waals surface area contributed by atoms with Crippen molar-refractivity contribution in [3.05, 3.63) is 58.6 Å². The summed E-state index contributed by atoms with van der Waals surface area (Å²) in [5.74, 6) is 5.10. The molecule has 0 fully saturated rings. The average molecular weight is 247 g/mol. The predicted molar refractivity (Wildman–Crippen MR) is 66.0 cm³/mol. The summed E-state index contributed by atoms with van der Waals surface area (Å²) in [6.45, 7) is 0. The first-order chi connectivity index (χ1) is 8.15. The Balaban J connectivity index is 2.29. The Hall–Kier alpha value is -2.05. The van der Waals surface area contributed by atoms with Crippen molar-refractivity contribution in [1.82, 2.24) is 4.98 Å². The Labute approximate surface area is 103 Å². The maximum Gasteiger partial charge on any atom is 0.214 e. The van der Waals surface area contributed by atoms with Crippen LogP contribution in [0.2, 0.25) is 5.02 Å². The van der Waals surface area contributed by atoms with E-state index in [1.807, 2.05) is 0 Å². The first-order valence-corrected chi connectivity index (χ1v) is 5.21. The first kappa shape index (κ1) is 11.4. The largest absolute Gasteiger partial charge is 0.399 e. The van der Waals surface area contributed by atoms with E-state index >= 15 is 0 Å². The number of hydrogen-bond acceptors (Lipinski definition) is 2. The molecule has 0 spiro atoms. The molecular weight excluding hydrogens is 239 g/mol. The Morgan fingerprint density at radius 3 is 2.53 bits per heavy atom. The quantitative estimate of drug-likeness (QED) is 0.441. The van der Waals surface area contributed by atoms with Gasteiger partial charge in [0.1, 0.15) is 0 Å². The van der Waals surface area contributed by atoms with Gasteiger partial charge in [-0.05, 0) is 24.3 Å². The lowest BCUT2D eigenvalue weighted by atomic mass is 10.2. The minimum Gasteiger partial charge on any atom is -0.399 e. The fourth-order valence-corrected chi connectivity index (χ4v) is 1.39. The first-order valence-electron chi connectivity index (χ1n) is 4.84. The van der Waals surface area contributed by atoms with Crippen LogP contribution in [-0.4, -0.2) is 4.98 Å². The van der Waals surface area contributed by atoms with Crippen molar-refractivity contribution in [1.29, 1.82) is 0 Å². The molecule has 2 N–H and O–H groups in total. The normalized spacial score (nSPS) is 9.53.